The van der Waals surface area contributed by atoms with E-state index < -0.39 is 0 Å². The second-order valence-electron chi connectivity index (χ2n) is 7.66. The summed E-state index contributed by atoms with van der Waals surface area (Å²) in [4.78, 5) is 16.4. The van der Waals surface area contributed by atoms with E-state index in [0.717, 1.165) is 34.7 Å². The van der Waals surface area contributed by atoms with Crippen molar-refractivity contribution in [2.24, 2.45) is 11.3 Å². The molecule has 7 heteroatoms. The van der Waals surface area contributed by atoms with Gasteiger partial charge in [0.25, 0.3) is 0 Å². The van der Waals surface area contributed by atoms with Crippen molar-refractivity contribution in [2.75, 3.05) is 23.7 Å². The van der Waals surface area contributed by atoms with Gasteiger partial charge in [-0.3, -0.25) is 0 Å². The first kappa shape index (κ1) is 17.9. The molecule has 1 atom stereocenters. The topological polar surface area (TPSA) is 67.9 Å². The van der Waals surface area contributed by atoms with E-state index in [1.807, 2.05) is 18.5 Å². The number of hydrogen-bond acceptors (Lipinski definition) is 6. The number of aromatic nitrogens is 3. The van der Waals surface area contributed by atoms with Crippen LogP contribution in [0, 0.1) is 11.3 Å². The van der Waals surface area contributed by atoms with E-state index >= 15 is 0 Å². The van der Waals surface area contributed by atoms with E-state index in [2.05, 4.69) is 26.8 Å². The molecule has 2 aliphatic rings. The standard InChI is InChI=1S/C19H24ClN5S/c1-13-2-4-19(10-13)5-8-25(9-6-19)15-11-24-16(12-23-15)26-14-3-7-22-18(21)17(14)20/h3,7,11-13H,2,4-6,8-10H2,1H3,(H2,21,22)/t13-/m1/s1. The number of piperidine rings is 1. The van der Waals surface area contributed by atoms with Crippen LogP contribution < -0.4 is 10.6 Å². The van der Waals surface area contributed by atoms with Crippen molar-refractivity contribution in [1.82, 2.24) is 15.0 Å². The molecule has 5 nitrogen and oxygen atoms in total. The van der Waals surface area contributed by atoms with Gasteiger partial charge < -0.3 is 10.6 Å². The molecule has 4 rings (SSSR count). The van der Waals surface area contributed by atoms with Crippen LogP contribution in [0.15, 0.2) is 34.6 Å². The molecule has 0 bridgehead atoms. The van der Waals surface area contributed by atoms with Crippen molar-refractivity contribution < 1.29 is 0 Å². The Morgan fingerprint density at radius 1 is 1.19 bits per heavy atom. The molecule has 2 N–H and O–H groups in total. The zero-order chi connectivity index (χ0) is 18.1. The molecular weight excluding hydrogens is 366 g/mol. The molecule has 2 aromatic rings. The zero-order valence-corrected chi connectivity index (χ0v) is 16.6. The molecule has 0 amide bonds. The SMILES string of the molecule is C[C@@H]1CCC2(CCN(c3cnc(Sc4ccnc(N)c4Cl)cn3)CC2)C1. The Balaban J connectivity index is 1.40. The van der Waals surface area contributed by atoms with Gasteiger partial charge >= 0.3 is 0 Å². The highest BCUT2D eigenvalue weighted by Crippen LogP contribution is 2.49. The van der Waals surface area contributed by atoms with Gasteiger partial charge in [-0.05, 0) is 43.1 Å². The summed E-state index contributed by atoms with van der Waals surface area (Å²) in [7, 11) is 0. The van der Waals surface area contributed by atoms with Crippen molar-refractivity contribution in [3.8, 4) is 0 Å². The minimum Gasteiger partial charge on any atom is -0.382 e. The molecule has 0 aromatic carbocycles. The summed E-state index contributed by atoms with van der Waals surface area (Å²) in [6, 6.07) is 1.84. The van der Waals surface area contributed by atoms with E-state index in [1.165, 1.54) is 43.9 Å². The van der Waals surface area contributed by atoms with Gasteiger partial charge in [0.15, 0.2) is 0 Å². The average Bonchev–Trinajstić information content (AvgIpc) is 3.01. The maximum absolute atomic E-state index is 6.20. The zero-order valence-electron chi connectivity index (χ0n) is 15.0. The maximum Gasteiger partial charge on any atom is 0.147 e. The first-order chi connectivity index (χ1) is 12.5. The number of nitrogen functional groups attached to an aromatic ring is 1. The van der Waals surface area contributed by atoms with E-state index in [0.29, 0.717) is 16.3 Å². The summed E-state index contributed by atoms with van der Waals surface area (Å²) in [5.74, 6) is 2.20. The van der Waals surface area contributed by atoms with E-state index in [4.69, 9.17) is 17.3 Å². The van der Waals surface area contributed by atoms with Crippen LogP contribution in [0.2, 0.25) is 5.02 Å². The second-order valence-corrected chi connectivity index (χ2v) is 9.10. The summed E-state index contributed by atoms with van der Waals surface area (Å²) in [6.07, 6.45) is 12.1. The van der Waals surface area contributed by atoms with Crippen LogP contribution in [-0.4, -0.2) is 28.0 Å². The van der Waals surface area contributed by atoms with Gasteiger partial charge in [0.05, 0.1) is 17.4 Å². The first-order valence-electron chi connectivity index (χ1n) is 9.19. The highest BCUT2D eigenvalue weighted by atomic mass is 35.5. The molecule has 0 radical (unpaired) electrons. The predicted molar refractivity (Wildman–Crippen MR) is 107 cm³/mol. The Morgan fingerprint density at radius 2 is 2.00 bits per heavy atom. The number of rotatable bonds is 3. The van der Waals surface area contributed by atoms with Gasteiger partial charge in [0.1, 0.15) is 16.7 Å². The van der Waals surface area contributed by atoms with Crippen molar-refractivity contribution in [3.05, 3.63) is 29.7 Å². The summed E-state index contributed by atoms with van der Waals surface area (Å²) in [5, 5.41) is 1.27. The summed E-state index contributed by atoms with van der Waals surface area (Å²) in [6.45, 7) is 4.56. The summed E-state index contributed by atoms with van der Waals surface area (Å²) >= 11 is 7.66. The quantitative estimate of drug-likeness (QED) is 0.822. The largest absolute Gasteiger partial charge is 0.382 e. The molecule has 2 aromatic heterocycles. The van der Waals surface area contributed by atoms with Crippen molar-refractivity contribution >= 4 is 35.0 Å². The monoisotopic (exact) mass is 389 g/mol. The first-order valence-corrected chi connectivity index (χ1v) is 10.4. The van der Waals surface area contributed by atoms with E-state index in [1.54, 1.807) is 6.20 Å². The third-order valence-corrected chi connectivity index (χ3v) is 7.30. The number of anilines is 2. The van der Waals surface area contributed by atoms with Crippen LogP contribution in [0.3, 0.4) is 0 Å². The Labute approximate surface area is 163 Å². The molecule has 1 aliphatic carbocycles. The third-order valence-electron chi connectivity index (χ3n) is 5.81. The Kier molecular flexibility index (Phi) is 4.97. The Hall–Kier alpha value is -1.53. The van der Waals surface area contributed by atoms with Crippen LogP contribution in [0.1, 0.15) is 39.0 Å². The molecule has 0 unspecified atom stereocenters. The minimum atomic E-state index is 0.338. The van der Waals surface area contributed by atoms with Crippen LogP contribution in [0.25, 0.3) is 0 Å². The minimum absolute atomic E-state index is 0.338. The molecule has 1 aliphatic heterocycles. The molecule has 138 valence electrons. The summed E-state index contributed by atoms with van der Waals surface area (Å²) < 4.78 is 0. The smallest absolute Gasteiger partial charge is 0.147 e. The lowest BCUT2D eigenvalue weighted by Gasteiger charge is -2.40. The third kappa shape index (κ3) is 3.62. The van der Waals surface area contributed by atoms with Crippen LogP contribution in [0.4, 0.5) is 11.6 Å². The van der Waals surface area contributed by atoms with Gasteiger partial charge in [-0.25, -0.2) is 15.0 Å². The van der Waals surface area contributed by atoms with Crippen molar-refractivity contribution in [3.63, 3.8) is 0 Å². The number of nitrogens with two attached hydrogens (primary N) is 1. The highest BCUT2D eigenvalue weighted by molar-refractivity contribution is 7.99. The lowest BCUT2D eigenvalue weighted by molar-refractivity contribution is 0.218. The van der Waals surface area contributed by atoms with Crippen LogP contribution in [-0.2, 0) is 0 Å². The molecule has 3 heterocycles. The fourth-order valence-corrected chi connectivity index (χ4v) is 5.31. The summed E-state index contributed by atoms with van der Waals surface area (Å²) in [5.41, 5.74) is 6.35. The second kappa shape index (κ2) is 7.24. The van der Waals surface area contributed by atoms with Crippen LogP contribution >= 0.6 is 23.4 Å². The Bertz CT molecular complexity index is 774. The van der Waals surface area contributed by atoms with Gasteiger partial charge in [0.2, 0.25) is 0 Å². The molecule has 26 heavy (non-hydrogen) atoms. The lowest BCUT2D eigenvalue weighted by Crippen LogP contribution is -2.39. The van der Waals surface area contributed by atoms with Gasteiger partial charge in [0, 0.05) is 24.2 Å². The maximum atomic E-state index is 6.20. The lowest BCUT2D eigenvalue weighted by atomic mass is 9.76. The number of nitrogens with zero attached hydrogens (tertiary/aromatic N) is 4. The normalized spacial score (nSPS) is 22.1. The average molecular weight is 390 g/mol. The highest BCUT2D eigenvalue weighted by Gasteiger charge is 2.39. The molecule has 2 fully saturated rings. The number of hydrogen-bond donors (Lipinski definition) is 1. The molecular formula is C19H24ClN5S. The van der Waals surface area contributed by atoms with E-state index in [-0.39, 0.29) is 0 Å². The molecule has 1 spiro atoms. The molecule has 1 saturated heterocycles. The Morgan fingerprint density at radius 3 is 2.65 bits per heavy atom. The fraction of sp³-hybridized carbons (Fsp3) is 0.526. The van der Waals surface area contributed by atoms with Crippen molar-refractivity contribution in [1.29, 1.82) is 0 Å². The number of halogens is 1. The predicted octanol–water partition coefficient (Wildman–Crippen LogP) is 4.67. The van der Waals surface area contributed by atoms with Gasteiger partial charge in [-0.1, -0.05) is 36.7 Å². The number of pyridine rings is 1. The van der Waals surface area contributed by atoms with E-state index in [9.17, 15) is 0 Å². The fourth-order valence-electron chi connectivity index (χ4n) is 4.32. The van der Waals surface area contributed by atoms with Gasteiger partial charge in [-0.15, -0.1) is 0 Å². The van der Waals surface area contributed by atoms with Crippen molar-refractivity contribution in [2.45, 2.75) is 48.9 Å². The van der Waals surface area contributed by atoms with Gasteiger partial charge in [-0.2, -0.15) is 0 Å². The molecule has 1 saturated carbocycles. The van der Waals surface area contributed by atoms with Crippen LogP contribution in [0.5, 0.6) is 0 Å².